The van der Waals surface area contributed by atoms with E-state index in [1.807, 2.05) is 18.0 Å². The molecule has 0 aliphatic rings. The molecule has 3 heteroatoms. The fourth-order valence-corrected chi connectivity index (χ4v) is 2.35. The smallest absolute Gasteiger partial charge is 0.0786 e. The summed E-state index contributed by atoms with van der Waals surface area (Å²) in [5.41, 5.74) is -0.0219. The SMILES string of the molecule is CSOC(C)(C)CC(C)(C)SC. The van der Waals surface area contributed by atoms with Crippen molar-refractivity contribution in [3.05, 3.63) is 0 Å². The summed E-state index contributed by atoms with van der Waals surface area (Å²) in [6.07, 6.45) is 5.19. The van der Waals surface area contributed by atoms with E-state index in [0.29, 0.717) is 4.75 Å². The lowest BCUT2D eigenvalue weighted by Crippen LogP contribution is -2.31. The van der Waals surface area contributed by atoms with Gasteiger partial charge in [0.1, 0.15) is 0 Å². The van der Waals surface area contributed by atoms with Crippen molar-refractivity contribution in [3.63, 3.8) is 0 Å². The first kappa shape index (κ1) is 12.7. The van der Waals surface area contributed by atoms with E-state index in [1.54, 1.807) is 0 Å². The van der Waals surface area contributed by atoms with Crippen LogP contribution in [-0.2, 0) is 4.18 Å². The van der Waals surface area contributed by atoms with Crippen LogP contribution in [0.2, 0.25) is 0 Å². The predicted molar refractivity (Wildman–Crippen MR) is 60.9 cm³/mol. The summed E-state index contributed by atoms with van der Waals surface area (Å²) < 4.78 is 5.88. The molecule has 0 aliphatic carbocycles. The van der Waals surface area contributed by atoms with Crippen molar-refractivity contribution in [3.8, 4) is 0 Å². The van der Waals surface area contributed by atoms with Crippen LogP contribution < -0.4 is 0 Å². The van der Waals surface area contributed by atoms with E-state index in [2.05, 4.69) is 34.0 Å². The van der Waals surface area contributed by atoms with Gasteiger partial charge in [0.05, 0.1) is 5.60 Å². The van der Waals surface area contributed by atoms with Gasteiger partial charge < -0.3 is 4.18 Å². The normalized spacial score (nSPS) is 13.5. The maximum atomic E-state index is 5.57. The lowest BCUT2D eigenvalue weighted by atomic mass is 9.96. The summed E-state index contributed by atoms with van der Waals surface area (Å²) in [5.74, 6) is 0. The first-order valence-electron chi connectivity index (χ1n) is 4.10. The van der Waals surface area contributed by atoms with Crippen molar-refractivity contribution in [1.29, 1.82) is 0 Å². The molecule has 0 saturated heterocycles. The first-order chi connectivity index (χ1) is 5.33. The third kappa shape index (κ3) is 5.33. The van der Waals surface area contributed by atoms with Gasteiger partial charge in [-0.05, 0) is 38.6 Å². The van der Waals surface area contributed by atoms with Crippen molar-refractivity contribution in [2.75, 3.05) is 12.5 Å². The number of hydrogen-bond acceptors (Lipinski definition) is 3. The molecule has 0 aromatic carbocycles. The van der Waals surface area contributed by atoms with Gasteiger partial charge in [-0.15, -0.1) is 0 Å². The average molecular weight is 208 g/mol. The number of thioether (sulfide) groups is 1. The van der Waals surface area contributed by atoms with Crippen LogP contribution in [0.5, 0.6) is 0 Å². The second-order valence-electron chi connectivity index (χ2n) is 4.15. The average Bonchev–Trinajstić information content (AvgIpc) is 1.85. The van der Waals surface area contributed by atoms with Gasteiger partial charge >= 0.3 is 0 Å². The van der Waals surface area contributed by atoms with E-state index in [-0.39, 0.29) is 5.60 Å². The van der Waals surface area contributed by atoms with Gasteiger partial charge in [-0.25, -0.2) is 0 Å². The Labute approximate surface area is 85.2 Å². The summed E-state index contributed by atoms with van der Waals surface area (Å²) >= 11 is 3.34. The molecule has 0 aliphatic heterocycles. The maximum absolute atomic E-state index is 5.57. The lowest BCUT2D eigenvalue weighted by Gasteiger charge is -2.32. The molecule has 0 radical (unpaired) electrons. The lowest BCUT2D eigenvalue weighted by molar-refractivity contribution is 0.119. The standard InChI is InChI=1S/C9H20OS2/c1-8(2,10-12-6)7-9(3,4)11-5/h7H2,1-6H3. The highest BCUT2D eigenvalue weighted by molar-refractivity contribution is 7.99. The van der Waals surface area contributed by atoms with Crippen molar-refractivity contribution >= 4 is 23.8 Å². The van der Waals surface area contributed by atoms with Crippen LogP contribution >= 0.6 is 23.8 Å². The maximum Gasteiger partial charge on any atom is 0.0786 e. The minimum absolute atomic E-state index is 0.0219. The van der Waals surface area contributed by atoms with Gasteiger partial charge in [0, 0.05) is 11.0 Å². The van der Waals surface area contributed by atoms with Crippen LogP contribution in [0.1, 0.15) is 34.1 Å². The van der Waals surface area contributed by atoms with Crippen LogP contribution in [0.4, 0.5) is 0 Å². The highest BCUT2D eigenvalue weighted by Crippen LogP contribution is 2.34. The van der Waals surface area contributed by atoms with Gasteiger partial charge in [-0.3, -0.25) is 0 Å². The number of rotatable bonds is 5. The van der Waals surface area contributed by atoms with Crippen LogP contribution in [0.25, 0.3) is 0 Å². The Bertz CT molecular complexity index is 132. The van der Waals surface area contributed by atoms with Crippen LogP contribution in [0, 0.1) is 0 Å². The summed E-state index contributed by atoms with van der Waals surface area (Å²) in [6.45, 7) is 8.79. The van der Waals surface area contributed by atoms with E-state index < -0.39 is 0 Å². The zero-order valence-electron chi connectivity index (χ0n) is 8.93. The molecule has 0 aromatic rings. The van der Waals surface area contributed by atoms with E-state index in [4.69, 9.17) is 4.18 Å². The molecule has 0 aromatic heterocycles. The highest BCUT2D eigenvalue weighted by atomic mass is 32.2. The van der Waals surface area contributed by atoms with Crippen LogP contribution in [-0.4, -0.2) is 22.9 Å². The van der Waals surface area contributed by atoms with E-state index >= 15 is 0 Å². The molecule has 12 heavy (non-hydrogen) atoms. The summed E-state index contributed by atoms with van der Waals surface area (Å²) in [4.78, 5) is 0. The molecule has 1 nitrogen and oxygen atoms in total. The Morgan fingerprint density at radius 1 is 1.08 bits per heavy atom. The van der Waals surface area contributed by atoms with Gasteiger partial charge in [-0.2, -0.15) is 11.8 Å². The van der Waals surface area contributed by atoms with Gasteiger partial charge in [0.25, 0.3) is 0 Å². The molecular weight excluding hydrogens is 188 g/mol. The Kier molecular flexibility index (Phi) is 5.04. The summed E-state index contributed by atoms with van der Waals surface area (Å²) in [5, 5.41) is 0. The summed E-state index contributed by atoms with van der Waals surface area (Å²) in [7, 11) is 0. The quantitative estimate of drug-likeness (QED) is 0.639. The minimum Gasteiger partial charge on any atom is -0.310 e. The third-order valence-electron chi connectivity index (χ3n) is 1.71. The molecule has 0 rings (SSSR count). The zero-order valence-corrected chi connectivity index (χ0v) is 10.6. The van der Waals surface area contributed by atoms with Crippen molar-refractivity contribution < 1.29 is 4.18 Å². The molecule has 74 valence electrons. The molecule has 0 saturated carbocycles. The predicted octanol–water partition coefficient (Wildman–Crippen LogP) is 3.59. The van der Waals surface area contributed by atoms with E-state index in [0.717, 1.165) is 6.42 Å². The molecule has 0 fully saturated rings. The van der Waals surface area contributed by atoms with Crippen molar-refractivity contribution in [2.24, 2.45) is 0 Å². The van der Waals surface area contributed by atoms with Crippen LogP contribution in [0.3, 0.4) is 0 Å². The number of hydrogen-bond donors (Lipinski definition) is 0. The third-order valence-corrected chi connectivity index (χ3v) is 3.58. The molecule has 0 N–H and O–H groups in total. The van der Waals surface area contributed by atoms with Crippen molar-refractivity contribution in [2.45, 2.75) is 44.5 Å². The molecular formula is C9H20OS2. The van der Waals surface area contributed by atoms with E-state index in [9.17, 15) is 0 Å². The van der Waals surface area contributed by atoms with Gasteiger partial charge in [0.15, 0.2) is 0 Å². The monoisotopic (exact) mass is 208 g/mol. The Balaban J connectivity index is 4.04. The fraction of sp³-hybridized carbons (Fsp3) is 1.00. The Morgan fingerprint density at radius 2 is 1.58 bits per heavy atom. The van der Waals surface area contributed by atoms with Crippen LogP contribution in [0.15, 0.2) is 0 Å². The van der Waals surface area contributed by atoms with Gasteiger partial charge in [-0.1, -0.05) is 13.8 Å². The Hall–Kier alpha value is 0.660. The van der Waals surface area contributed by atoms with Crippen molar-refractivity contribution in [1.82, 2.24) is 0 Å². The first-order valence-corrected chi connectivity index (χ1v) is 6.47. The topological polar surface area (TPSA) is 9.23 Å². The zero-order chi connectivity index (χ0) is 9.83. The molecule has 0 bridgehead atoms. The summed E-state index contributed by atoms with van der Waals surface area (Å²) in [6, 6.07) is 0. The van der Waals surface area contributed by atoms with E-state index in [1.165, 1.54) is 12.0 Å². The second kappa shape index (κ2) is 4.77. The fourth-order valence-electron chi connectivity index (χ4n) is 1.35. The molecule has 0 atom stereocenters. The Morgan fingerprint density at radius 3 is 1.92 bits per heavy atom. The molecule has 0 amide bonds. The highest BCUT2D eigenvalue weighted by Gasteiger charge is 2.28. The van der Waals surface area contributed by atoms with Gasteiger partial charge in [0.2, 0.25) is 0 Å². The second-order valence-corrected chi connectivity index (χ2v) is 6.16. The minimum atomic E-state index is -0.0219. The molecule has 0 spiro atoms. The molecule has 0 heterocycles. The largest absolute Gasteiger partial charge is 0.310 e. The molecule has 0 unspecified atom stereocenters.